The predicted octanol–water partition coefficient (Wildman–Crippen LogP) is 3.16. The topological polar surface area (TPSA) is 34.1 Å². The number of hydrogen-bond acceptors (Lipinski definition) is 4. The molecule has 0 saturated carbocycles. The van der Waals surface area contributed by atoms with Gasteiger partial charge in [-0.1, -0.05) is 6.07 Å². The number of nitrogens with zero attached hydrogens (tertiary/aromatic N) is 1. The molecule has 1 fully saturated rings. The SMILES string of the molecule is CCOc1cccc2nc(C3CCNCC3)sc12. The van der Waals surface area contributed by atoms with Crippen molar-refractivity contribution >= 4 is 21.6 Å². The van der Waals surface area contributed by atoms with E-state index in [1.54, 1.807) is 11.3 Å². The van der Waals surface area contributed by atoms with Crippen LogP contribution in [-0.4, -0.2) is 24.7 Å². The maximum absolute atomic E-state index is 5.68. The zero-order chi connectivity index (χ0) is 12.4. The van der Waals surface area contributed by atoms with Gasteiger partial charge in [0, 0.05) is 5.92 Å². The molecule has 1 aliphatic heterocycles. The van der Waals surface area contributed by atoms with Crippen molar-refractivity contribution in [2.24, 2.45) is 0 Å². The minimum absolute atomic E-state index is 0.623. The van der Waals surface area contributed by atoms with E-state index in [1.807, 2.05) is 19.1 Å². The van der Waals surface area contributed by atoms with Crippen molar-refractivity contribution in [3.63, 3.8) is 0 Å². The highest BCUT2D eigenvalue weighted by Crippen LogP contribution is 2.36. The van der Waals surface area contributed by atoms with Crippen LogP contribution in [0.5, 0.6) is 5.75 Å². The summed E-state index contributed by atoms with van der Waals surface area (Å²) in [6, 6.07) is 6.15. The number of benzene rings is 1. The van der Waals surface area contributed by atoms with Crippen LogP contribution in [0.1, 0.15) is 30.7 Å². The van der Waals surface area contributed by atoms with Gasteiger partial charge < -0.3 is 10.1 Å². The number of fused-ring (bicyclic) bond motifs is 1. The minimum atomic E-state index is 0.623. The Morgan fingerprint density at radius 2 is 2.22 bits per heavy atom. The fraction of sp³-hybridized carbons (Fsp3) is 0.500. The van der Waals surface area contributed by atoms with Crippen molar-refractivity contribution in [2.75, 3.05) is 19.7 Å². The summed E-state index contributed by atoms with van der Waals surface area (Å²) in [5.74, 6) is 1.60. The van der Waals surface area contributed by atoms with Gasteiger partial charge in [0.1, 0.15) is 5.75 Å². The Bertz CT molecular complexity index is 532. The summed E-state index contributed by atoms with van der Waals surface area (Å²) < 4.78 is 6.88. The predicted molar refractivity (Wildman–Crippen MR) is 75.6 cm³/mol. The van der Waals surface area contributed by atoms with Gasteiger partial charge in [0.15, 0.2) is 0 Å². The second-order valence-corrected chi connectivity index (χ2v) is 5.64. The van der Waals surface area contributed by atoms with E-state index in [0.717, 1.165) is 24.4 Å². The Kier molecular flexibility index (Phi) is 3.48. The Morgan fingerprint density at radius 3 is 3.00 bits per heavy atom. The van der Waals surface area contributed by atoms with Gasteiger partial charge in [-0.2, -0.15) is 0 Å². The summed E-state index contributed by atoms with van der Waals surface area (Å²) in [6.45, 7) is 4.95. The van der Waals surface area contributed by atoms with Crippen molar-refractivity contribution in [1.82, 2.24) is 10.3 Å². The van der Waals surface area contributed by atoms with Crippen molar-refractivity contribution in [2.45, 2.75) is 25.7 Å². The lowest BCUT2D eigenvalue weighted by Gasteiger charge is -2.20. The molecule has 4 heteroatoms. The summed E-state index contributed by atoms with van der Waals surface area (Å²) in [4.78, 5) is 4.79. The zero-order valence-electron chi connectivity index (χ0n) is 10.6. The third-order valence-electron chi connectivity index (χ3n) is 3.38. The molecule has 1 N–H and O–H groups in total. The van der Waals surface area contributed by atoms with Crippen LogP contribution in [0.4, 0.5) is 0 Å². The third kappa shape index (κ3) is 2.22. The maximum Gasteiger partial charge on any atom is 0.138 e. The maximum atomic E-state index is 5.68. The lowest BCUT2D eigenvalue weighted by atomic mass is 9.99. The molecule has 0 unspecified atom stereocenters. The molecule has 0 aliphatic carbocycles. The number of ether oxygens (including phenoxy) is 1. The van der Waals surface area contributed by atoms with Crippen LogP contribution < -0.4 is 10.1 Å². The summed E-state index contributed by atoms with van der Waals surface area (Å²) in [6.07, 6.45) is 2.40. The Morgan fingerprint density at radius 1 is 1.39 bits per heavy atom. The molecule has 3 rings (SSSR count). The highest BCUT2D eigenvalue weighted by atomic mass is 32.1. The smallest absolute Gasteiger partial charge is 0.138 e. The van der Waals surface area contributed by atoms with Gasteiger partial charge >= 0.3 is 0 Å². The quantitative estimate of drug-likeness (QED) is 0.922. The van der Waals surface area contributed by atoms with E-state index in [9.17, 15) is 0 Å². The first-order chi connectivity index (χ1) is 8.88. The first kappa shape index (κ1) is 11.9. The van der Waals surface area contributed by atoms with Gasteiger partial charge in [0.25, 0.3) is 0 Å². The molecule has 0 bridgehead atoms. The summed E-state index contributed by atoms with van der Waals surface area (Å²) >= 11 is 1.81. The first-order valence-corrected chi connectivity index (χ1v) is 7.43. The van der Waals surface area contributed by atoms with Crippen LogP contribution in [0.2, 0.25) is 0 Å². The average molecular weight is 262 g/mol. The molecule has 2 aromatic rings. The number of nitrogens with one attached hydrogen (secondary N) is 1. The molecule has 18 heavy (non-hydrogen) atoms. The Balaban J connectivity index is 1.96. The number of hydrogen-bond donors (Lipinski definition) is 1. The normalized spacial score (nSPS) is 17.2. The summed E-state index contributed by atoms with van der Waals surface area (Å²) in [5, 5.41) is 4.68. The van der Waals surface area contributed by atoms with Gasteiger partial charge in [0.05, 0.1) is 21.8 Å². The van der Waals surface area contributed by atoms with Crippen molar-refractivity contribution in [3.05, 3.63) is 23.2 Å². The molecule has 1 aromatic heterocycles. The highest BCUT2D eigenvalue weighted by Gasteiger charge is 2.19. The largest absolute Gasteiger partial charge is 0.492 e. The number of rotatable bonds is 3. The van der Waals surface area contributed by atoms with Gasteiger partial charge in [-0.3, -0.25) is 0 Å². The first-order valence-electron chi connectivity index (χ1n) is 6.61. The van der Waals surface area contributed by atoms with Gasteiger partial charge in [-0.25, -0.2) is 4.98 Å². The second-order valence-electron chi connectivity index (χ2n) is 4.61. The van der Waals surface area contributed by atoms with Gasteiger partial charge in [-0.05, 0) is 45.0 Å². The molecular weight excluding hydrogens is 244 g/mol. The second kappa shape index (κ2) is 5.24. The van der Waals surface area contributed by atoms with Crippen LogP contribution in [0.25, 0.3) is 10.2 Å². The minimum Gasteiger partial charge on any atom is -0.492 e. The van der Waals surface area contributed by atoms with Crippen molar-refractivity contribution in [3.8, 4) is 5.75 Å². The van der Waals surface area contributed by atoms with Crippen molar-refractivity contribution < 1.29 is 4.74 Å². The van der Waals surface area contributed by atoms with E-state index in [0.29, 0.717) is 12.5 Å². The molecule has 0 spiro atoms. The molecule has 0 radical (unpaired) electrons. The lowest BCUT2D eigenvalue weighted by molar-refractivity contribution is 0.345. The number of piperidine rings is 1. The molecule has 1 aromatic carbocycles. The number of thiazole rings is 1. The Hall–Kier alpha value is -1.13. The fourth-order valence-electron chi connectivity index (χ4n) is 2.45. The van der Waals surface area contributed by atoms with Crippen LogP contribution in [0.3, 0.4) is 0 Å². The van der Waals surface area contributed by atoms with Crippen molar-refractivity contribution in [1.29, 1.82) is 0 Å². The molecule has 0 amide bonds. The van der Waals surface area contributed by atoms with E-state index in [2.05, 4.69) is 11.4 Å². The molecule has 1 saturated heterocycles. The van der Waals surface area contributed by atoms with Gasteiger partial charge in [0.2, 0.25) is 0 Å². The monoisotopic (exact) mass is 262 g/mol. The van der Waals surface area contributed by atoms with Crippen LogP contribution >= 0.6 is 11.3 Å². The average Bonchev–Trinajstić information content (AvgIpc) is 2.85. The summed E-state index contributed by atoms with van der Waals surface area (Å²) in [7, 11) is 0. The fourth-order valence-corrected chi connectivity index (χ4v) is 3.65. The molecule has 1 aliphatic rings. The van der Waals surface area contributed by atoms with E-state index in [-0.39, 0.29) is 0 Å². The standard InChI is InChI=1S/C14H18N2OS/c1-2-17-12-5-3-4-11-13(12)18-14(16-11)10-6-8-15-9-7-10/h3-5,10,15H,2,6-9H2,1H3. The van der Waals surface area contributed by atoms with Crippen LogP contribution in [0.15, 0.2) is 18.2 Å². The van der Waals surface area contributed by atoms with Gasteiger partial charge in [-0.15, -0.1) is 11.3 Å². The molecule has 3 nitrogen and oxygen atoms in total. The zero-order valence-corrected chi connectivity index (χ0v) is 11.4. The molecular formula is C14H18N2OS. The van der Waals surface area contributed by atoms with E-state index in [1.165, 1.54) is 22.5 Å². The van der Waals surface area contributed by atoms with Crippen LogP contribution in [0, 0.1) is 0 Å². The number of aromatic nitrogens is 1. The summed E-state index contributed by atoms with van der Waals surface area (Å²) in [5.41, 5.74) is 1.08. The van der Waals surface area contributed by atoms with E-state index < -0.39 is 0 Å². The highest BCUT2D eigenvalue weighted by molar-refractivity contribution is 7.19. The third-order valence-corrected chi connectivity index (χ3v) is 4.63. The Labute approximate surface area is 111 Å². The van der Waals surface area contributed by atoms with E-state index in [4.69, 9.17) is 9.72 Å². The molecule has 0 atom stereocenters. The van der Waals surface area contributed by atoms with E-state index >= 15 is 0 Å². The molecule has 96 valence electrons. The lowest BCUT2D eigenvalue weighted by Crippen LogP contribution is -2.26. The van der Waals surface area contributed by atoms with Crippen LogP contribution in [-0.2, 0) is 0 Å². The molecule has 2 heterocycles.